The fourth-order valence-electron chi connectivity index (χ4n) is 1.79. The molecule has 0 aliphatic heterocycles. The number of hydrogen-bond acceptors (Lipinski definition) is 3. The summed E-state index contributed by atoms with van der Waals surface area (Å²) in [5, 5.41) is 3.77. The summed E-state index contributed by atoms with van der Waals surface area (Å²) in [6, 6.07) is 5.78. The van der Waals surface area contributed by atoms with Crippen molar-refractivity contribution in [3.8, 4) is 0 Å². The van der Waals surface area contributed by atoms with Crippen molar-refractivity contribution < 1.29 is 0 Å². The van der Waals surface area contributed by atoms with E-state index in [1.54, 1.807) is 0 Å². The second-order valence-corrected chi connectivity index (χ2v) is 5.69. The lowest BCUT2D eigenvalue weighted by molar-refractivity contribution is 1.49. The molecule has 5 heteroatoms. The van der Waals surface area contributed by atoms with Gasteiger partial charge in [0.05, 0.1) is 15.9 Å². The van der Waals surface area contributed by atoms with Crippen LogP contribution < -0.4 is 11.2 Å². The third-order valence-corrected chi connectivity index (χ3v) is 4.02. The molecule has 16 heavy (non-hydrogen) atoms. The third-order valence-electron chi connectivity index (χ3n) is 2.54. The molecule has 0 spiro atoms. The Labute approximate surface area is 108 Å². The molecule has 3 rings (SSSR count). The number of hydrogen-bond donors (Lipinski definition) is 2. The Morgan fingerprint density at radius 3 is 2.94 bits per heavy atom. The van der Waals surface area contributed by atoms with Gasteiger partial charge in [0.25, 0.3) is 0 Å². The highest BCUT2D eigenvalue weighted by Crippen LogP contribution is 2.26. The molecule has 0 radical (unpaired) electrons. The van der Waals surface area contributed by atoms with Gasteiger partial charge >= 0.3 is 0 Å². The number of nitrogens with one attached hydrogen (secondary N) is 1. The number of fused-ring (bicyclic) bond motifs is 2. The van der Waals surface area contributed by atoms with Crippen molar-refractivity contribution in [2.75, 3.05) is 5.73 Å². The topological polar surface area (TPSA) is 58.9 Å². The number of nitrogens with two attached hydrogens (primary N) is 1. The Hall–Kier alpha value is -1.08. The first kappa shape index (κ1) is 10.1. The molecule has 0 bridgehead atoms. The normalized spacial score (nSPS) is 11.3. The van der Waals surface area contributed by atoms with Crippen LogP contribution in [-0.2, 0) is 0 Å². The van der Waals surface area contributed by atoms with Gasteiger partial charge in [-0.25, -0.2) is 0 Å². The minimum Gasteiger partial charge on any atom is -0.390 e. The SMILES string of the molecule is Nc1scc2[nH]c3ccc(I)cc3c(=O)c12. The molecule has 0 aliphatic carbocycles. The van der Waals surface area contributed by atoms with E-state index in [4.69, 9.17) is 5.73 Å². The van der Waals surface area contributed by atoms with Crippen LogP contribution in [0.3, 0.4) is 0 Å². The Bertz CT molecular complexity index is 760. The van der Waals surface area contributed by atoms with Gasteiger partial charge < -0.3 is 10.7 Å². The summed E-state index contributed by atoms with van der Waals surface area (Å²) in [6.45, 7) is 0. The van der Waals surface area contributed by atoms with Crippen molar-refractivity contribution in [1.82, 2.24) is 4.98 Å². The Morgan fingerprint density at radius 2 is 2.12 bits per heavy atom. The monoisotopic (exact) mass is 342 g/mol. The molecule has 0 saturated heterocycles. The fourth-order valence-corrected chi connectivity index (χ4v) is 3.03. The Balaban J connectivity index is 2.64. The molecule has 80 valence electrons. The van der Waals surface area contributed by atoms with Crippen molar-refractivity contribution in [3.05, 3.63) is 37.4 Å². The molecule has 0 saturated carbocycles. The van der Waals surface area contributed by atoms with Crippen molar-refractivity contribution >= 4 is 60.7 Å². The molecule has 2 heterocycles. The predicted octanol–water partition coefficient (Wildman–Crippen LogP) is 2.93. The molecular formula is C11H7IN2OS. The lowest BCUT2D eigenvalue weighted by Crippen LogP contribution is -2.04. The highest BCUT2D eigenvalue weighted by atomic mass is 127. The van der Waals surface area contributed by atoms with Crippen LogP contribution in [0.1, 0.15) is 0 Å². The van der Waals surface area contributed by atoms with E-state index in [9.17, 15) is 4.79 Å². The highest BCUT2D eigenvalue weighted by Gasteiger charge is 2.09. The van der Waals surface area contributed by atoms with E-state index in [1.165, 1.54) is 11.3 Å². The second kappa shape index (κ2) is 3.46. The number of benzene rings is 1. The van der Waals surface area contributed by atoms with E-state index >= 15 is 0 Å². The fraction of sp³-hybridized carbons (Fsp3) is 0. The maximum absolute atomic E-state index is 12.2. The summed E-state index contributed by atoms with van der Waals surface area (Å²) in [6.07, 6.45) is 0. The first-order valence-electron chi connectivity index (χ1n) is 4.65. The average molecular weight is 342 g/mol. The largest absolute Gasteiger partial charge is 0.390 e. The molecule has 3 nitrogen and oxygen atoms in total. The maximum Gasteiger partial charge on any atom is 0.200 e. The Kier molecular flexibility index (Phi) is 2.18. The zero-order chi connectivity index (χ0) is 11.3. The minimum absolute atomic E-state index is 0.0148. The zero-order valence-electron chi connectivity index (χ0n) is 8.08. The van der Waals surface area contributed by atoms with E-state index in [0.717, 1.165) is 14.6 Å². The quantitative estimate of drug-likeness (QED) is 0.617. The number of aromatic nitrogens is 1. The summed E-state index contributed by atoms with van der Waals surface area (Å²) >= 11 is 3.59. The van der Waals surface area contributed by atoms with Crippen LogP contribution in [0.15, 0.2) is 28.4 Å². The number of rotatable bonds is 0. The number of H-pyrrole nitrogens is 1. The van der Waals surface area contributed by atoms with E-state index in [1.807, 2.05) is 23.6 Å². The highest BCUT2D eigenvalue weighted by molar-refractivity contribution is 14.1. The van der Waals surface area contributed by atoms with Gasteiger partial charge in [0.1, 0.15) is 0 Å². The van der Waals surface area contributed by atoms with Crippen molar-refractivity contribution in [2.24, 2.45) is 0 Å². The van der Waals surface area contributed by atoms with E-state index < -0.39 is 0 Å². The minimum atomic E-state index is 0.0148. The molecule has 0 fully saturated rings. The smallest absolute Gasteiger partial charge is 0.200 e. The summed E-state index contributed by atoms with van der Waals surface area (Å²) in [4.78, 5) is 15.5. The van der Waals surface area contributed by atoms with E-state index in [0.29, 0.717) is 15.8 Å². The molecule has 2 aromatic heterocycles. The van der Waals surface area contributed by atoms with Crippen LogP contribution in [0.2, 0.25) is 0 Å². The van der Waals surface area contributed by atoms with Crippen molar-refractivity contribution in [1.29, 1.82) is 0 Å². The average Bonchev–Trinajstić information content (AvgIpc) is 2.62. The number of pyridine rings is 1. The molecule has 0 aliphatic rings. The number of halogens is 1. The molecule has 3 N–H and O–H groups in total. The standard InChI is InChI=1S/C11H7IN2OS/c12-5-1-2-7-6(3-5)10(15)9-8(14-7)4-16-11(9)13/h1-4,14H,13H2. The molecule has 0 atom stereocenters. The van der Waals surface area contributed by atoms with Crippen LogP contribution in [0.25, 0.3) is 21.8 Å². The van der Waals surface area contributed by atoms with Crippen LogP contribution in [-0.4, -0.2) is 4.98 Å². The lowest BCUT2D eigenvalue weighted by atomic mass is 10.1. The van der Waals surface area contributed by atoms with Crippen LogP contribution >= 0.6 is 33.9 Å². The first-order chi connectivity index (χ1) is 7.66. The summed E-state index contributed by atoms with van der Waals surface area (Å²) in [5.74, 6) is 0. The number of aromatic amines is 1. The van der Waals surface area contributed by atoms with Gasteiger partial charge in [-0.2, -0.15) is 0 Å². The number of nitrogen functional groups attached to an aromatic ring is 1. The summed E-state index contributed by atoms with van der Waals surface area (Å²) < 4.78 is 1.05. The molecule has 0 amide bonds. The number of anilines is 1. The van der Waals surface area contributed by atoms with Gasteiger partial charge in [-0.1, -0.05) is 0 Å². The molecule has 0 unspecified atom stereocenters. The lowest BCUT2D eigenvalue weighted by Gasteiger charge is -2.00. The maximum atomic E-state index is 12.2. The molecule has 1 aromatic carbocycles. The Morgan fingerprint density at radius 1 is 1.31 bits per heavy atom. The third kappa shape index (κ3) is 1.35. The van der Waals surface area contributed by atoms with Gasteiger partial charge in [0.2, 0.25) is 0 Å². The summed E-state index contributed by atoms with van der Waals surface area (Å²) in [7, 11) is 0. The van der Waals surface area contributed by atoms with Crippen LogP contribution in [0.4, 0.5) is 5.00 Å². The summed E-state index contributed by atoms with van der Waals surface area (Å²) in [5.41, 5.74) is 7.50. The van der Waals surface area contributed by atoms with Gasteiger partial charge in [-0.3, -0.25) is 4.79 Å². The van der Waals surface area contributed by atoms with Gasteiger partial charge in [-0.15, -0.1) is 11.3 Å². The first-order valence-corrected chi connectivity index (χ1v) is 6.61. The molecule has 3 aromatic rings. The van der Waals surface area contributed by atoms with Gasteiger partial charge in [-0.05, 0) is 40.8 Å². The second-order valence-electron chi connectivity index (χ2n) is 3.53. The van der Waals surface area contributed by atoms with Crippen LogP contribution in [0.5, 0.6) is 0 Å². The van der Waals surface area contributed by atoms with E-state index in [2.05, 4.69) is 27.6 Å². The number of thiophene rings is 1. The van der Waals surface area contributed by atoms with Crippen LogP contribution in [0, 0.1) is 3.57 Å². The van der Waals surface area contributed by atoms with Crippen molar-refractivity contribution in [2.45, 2.75) is 0 Å². The van der Waals surface area contributed by atoms with Gasteiger partial charge in [0, 0.05) is 19.9 Å². The van der Waals surface area contributed by atoms with E-state index in [-0.39, 0.29) is 5.43 Å². The van der Waals surface area contributed by atoms with Gasteiger partial charge in [0.15, 0.2) is 5.43 Å². The predicted molar refractivity (Wildman–Crippen MR) is 77.1 cm³/mol. The van der Waals surface area contributed by atoms with Crippen molar-refractivity contribution in [3.63, 3.8) is 0 Å². The molecular weight excluding hydrogens is 335 g/mol. The zero-order valence-corrected chi connectivity index (χ0v) is 11.1.